The molecule has 5 nitrogen and oxygen atoms in total. The molecule has 0 spiro atoms. The molecule has 0 aliphatic carbocycles. The molecule has 3 N–H and O–H groups in total. The number of hydrogen-bond acceptors (Lipinski definition) is 5. The van der Waals surface area contributed by atoms with Crippen LogP contribution in [0.2, 0.25) is 0 Å². The monoisotopic (exact) mass is 295 g/mol. The highest BCUT2D eigenvalue weighted by Gasteiger charge is 2.17. The van der Waals surface area contributed by atoms with Gasteiger partial charge in [0.2, 0.25) is 0 Å². The standard InChI is InChI=1S/C16H25NO4/c1-11(2)10-14(18)16(17)21-13-7-4-12(5-8-13)6-9-15(19)20-3/h4-5,7-8,11,14,16,18H,6,9-10,17H2,1-3H3. The van der Waals surface area contributed by atoms with E-state index in [1.165, 1.54) is 7.11 Å². The fourth-order valence-corrected chi connectivity index (χ4v) is 1.94. The lowest BCUT2D eigenvalue weighted by atomic mass is 10.1. The third-order valence-electron chi connectivity index (χ3n) is 3.13. The van der Waals surface area contributed by atoms with Crippen LogP contribution in [0.1, 0.15) is 32.3 Å². The SMILES string of the molecule is COC(=O)CCc1ccc(OC(N)C(O)CC(C)C)cc1. The third-order valence-corrected chi connectivity index (χ3v) is 3.13. The molecule has 0 saturated carbocycles. The van der Waals surface area contributed by atoms with E-state index < -0.39 is 12.3 Å². The van der Waals surface area contributed by atoms with Crippen molar-refractivity contribution in [3.05, 3.63) is 29.8 Å². The molecular weight excluding hydrogens is 270 g/mol. The van der Waals surface area contributed by atoms with Gasteiger partial charge in [0, 0.05) is 6.42 Å². The van der Waals surface area contributed by atoms with E-state index in [1.54, 1.807) is 12.1 Å². The van der Waals surface area contributed by atoms with Crippen molar-refractivity contribution in [2.75, 3.05) is 7.11 Å². The Labute approximate surface area is 126 Å². The van der Waals surface area contributed by atoms with Gasteiger partial charge in [-0.15, -0.1) is 0 Å². The van der Waals surface area contributed by atoms with Crippen molar-refractivity contribution >= 4 is 5.97 Å². The smallest absolute Gasteiger partial charge is 0.305 e. The summed E-state index contributed by atoms with van der Waals surface area (Å²) in [6.45, 7) is 4.04. The Morgan fingerprint density at radius 1 is 1.29 bits per heavy atom. The molecule has 0 fully saturated rings. The molecule has 21 heavy (non-hydrogen) atoms. The van der Waals surface area contributed by atoms with Crippen molar-refractivity contribution in [2.24, 2.45) is 11.7 Å². The highest BCUT2D eigenvalue weighted by atomic mass is 16.5. The molecule has 0 heterocycles. The zero-order chi connectivity index (χ0) is 15.8. The Kier molecular flexibility index (Phi) is 7.19. The predicted molar refractivity (Wildman–Crippen MR) is 80.8 cm³/mol. The largest absolute Gasteiger partial charge is 0.473 e. The van der Waals surface area contributed by atoms with Crippen LogP contribution in [0.3, 0.4) is 0 Å². The van der Waals surface area contributed by atoms with Crippen LogP contribution in [0, 0.1) is 5.92 Å². The molecular formula is C16H25NO4. The first-order valence-corrected chi connectivity index (χ1v) is 7.18. The molecule has 2 unspecified atom stereocenters. The van der Waals surface area contributed by atoms with E-state index >= 15 is 0 Å². The van der Waals surface area contributed by atoms with Crippen molar-refractivity contribution in [1.82, 2.24) is 0 Å². The molecule has 0 radical (unpaired) electrons. The summed E-state index contributed by atoms with van der Waals surface area (Å²) in [7, 11) is 1.38. The summed E-state index contributed by atoms with van der Waals surface area (Å²) in [5.74, 6) is 0.733. The summed E-state index contributed by atoms with van der Waals surface area (Å²) in [4.78, 5) is 11.1. The quantitative estimate of drug-likeness (QED) is 0.565. The Balaban J connectivity index is 2.48. The number of esters is 1. The van der Waals surface area contributed by atoms with Crippen LogP contribution in [-0.4, -0.2) is 30.5 Å². The van der Waals surface area contributed by atoms with Gasteiger partial charge in [0.05, 0.1) is 7.11 Å². The minimum absolute atomic E-state index is 0.228. The van der Waals surface area contributed by atoms with Crippen LogP contribution in [0.25, 0.3) is 0 Å². The lowest BCUT2D eigenvalue weighted by molar-refractivity contribution is -0.140. The number of aryl methyl sites for hydroxylation is 1. The number of aliphatic hydroxyl groups excluding tert-OH is 1. The fourth-order valence-electron chi connectivity index (χ4n) is 1.94. The second kappa shape index (κ2) is 8.64. The highest BCUT2D eigenvalue weighted by molar-refractivity contribution is 5.69. The first-order chi connectivity index (χ1) is 9.92. The molecule has 1 aromatic carbocycles. The zero-order valence-corrected chi connectivity index (χ0v) is 12.9. The van der Waals surface area contributed by atoms with Gasteiger partial charge in [-0.3, -0.25) is 10.5 Å². The summed E-state index contributed by atoms with van der Waals surface area (Å²) in [6.07, 6.45) is 0.133. The van der Waals surface area contributed by atoms with E-state index in [4.69, 9.17) is 10.5 Å². The maximum absolute atomic E-state index is 11.1. The van der Waals surface area contributed by atoms with Gasteiger partial charge in [-0.25, -0.2) is 0 Å². The number of rotatable bonds is 8. The van der Waals surface area contributed by atoms with Crippen molar-refractivity contribution in [3.8, 4) is 5.75 Å². The van der Waals surface area contributed by atoms with Crippen molar-refractivity contribution in [1.29, 1.82) is 0 Å². The van der Waals surface area contributed by atoms with Crippen LogP contribution in [0.4, 0.5) is 0 Å². The van der Waals surface area contributed by atoms with Crippen LogP contribution in [0.5, 0.6) is 5.75 Å². The molecule has 0 aromatic heterocycles. The second-order valence-electron chi connectivity index (χ2n) is 5.50. The maximum Gasteiger partial charge on any atom is 0.305 e. The van der Waals surface area contributed by atoms with Gasteiger partial charge in [0.1, 0.15) is 11.9 Å². The molecule has 118 valence electrons. The summed E-state index contributed by atoms with van der Waals surface area (Å²) in [5, 5.41) is 9.88. The Morgan fingerprint density at radius 2 is 1.90 bits per heavy atom. The molecule has 1 rings (SSSR count). The van der Waals surface area contributed by atoms with Gasteiger partial charge in [-0.1, -0.05) is 26.0 Å². The van der Waals surface area contributed by atoms with Gasteiger partial charge < -0.3 is 14.6 Å². The highest BCUT2D eigenvalue weighted by Crippen LogP contribution is 2.16. The number of methoxy groups -OCH3 is 1. The zero-order valence-electron chi connectivity index (χ0n) is 12.9. The van der Waals surface area contributed by atoms with Crippen LogP contribution in [0.15, 0.2) is 24.3 Å². The molecule has 0 aliphatic heterocycles. The van der Waals surface area contributed by atoms with E-state index in [0.29, 0.717) is 30.9 Å². The summed E-state index contributed by atoms with van der Waals surface area (Å²) >= 11 is 0. The van der Waals surface area contributed by atoms with E-state index in [9.17, 15) is 9.90 Å². The average Bonchev–Trinajstić information content (AvgIpc) is 2.45. The normalized spacial score (nSPS) is 13.8. The Hall–Kier alpha value is -1.59. The minimum Gasteiger partial charge on any atom is -0.473 e. The molecule has 1 aromatic rings. The van der Waals surface area contributed by atoms with E-state index in [0.717, 1.165) is 5.56 Å². The van der Waals surface area contributed by atoms with Crippen LogP contribution >= 0.6 is 0 Å². The van der Waals surface area contributed by atoms with Crippen LogP contribution in [-0.2, 0) is 16.0 Å². The summed E-state index contributed by atoms with van der Waals surface area (Å²) < 4.78 is 10.1. The number of ether oxygens (including phenoxy) is 2. The van der Waals surface area contributed by atoms with Gasteiger partial charge in [0.25, 0.3) is 0 Å². The number of hydrogen-bond donors (Lipinski definition) is 2. The summed E-state index contributed by atoms with van der Waals surface area (Å²) in [6, 6.07) is 7.32. The lowest BCUT2D eigenvalue weighted by Gasteiger charge is -2.21. The van der Waals surface area contributed by atoms with Crippen molar-refractivity contribution in [2.45, 2.75) is 45.4 Å². The van der Waals surface area contributed by atoms with Gasteiger partial charge in [-0.2, -0.15) is 0 Å². The Morgan fingerprint density at radius 3 is 2.43 bits per heavy atom. The maximum atomic E-state index is 11.1. The number of carbonyl (C=O) groups excluding carboxylic acids is 1. The molecule has 0 saturated heterocycles. The minimum atomic E-state index is -0.742. The topological polar surface area (TPSA) is 81.8 Å². The molecule has 5 heteroatoms. The van der Waals surface area contributed by atoms with E-state index in [1.807, 2.05) is 26.0 Å². The number of nitrogens with two attached hydrogens (primary N) is 1. The second-order valence-corrected chi connectivity index (χ2v) is 5.50. The fraction of sp³-hybridized carbons (Fsp3) is 0.562. The first-order valence-electron chi connectivity index (χ1n) is 7.18. The van der Waals surface area contributed by atoms with E-state index in [2.05, 4.69) is 4.74 Å². The van der Waals surface area contributed by atoms with Gasteiger partial charge in [0.15, 0.2) is 6.23 Å². The first kappa shape index (κ1) is 17.5. The molecule has 0 amide bonds. The van der Waals surface area contributed by atoms with Gasteiger partial charge in [-0.05, 0) is 36.5 Å². The lowest BCUT2D eigenvalue weighted by Crippen LogP contribution is -2.40. The number of benzene rings is 1. The molecule has 2 atom stereocenters. The number of carbonyl (C=O) groups is 1. The average molecular weight is 295 g/mol. The van der Waals surface area contributed by atoms with Crippen molar-refractivity contribution in [3.63, 3.8) is 0 Å². The predicted octanol–water partition coefficient (Wildman–Crippen LogP) is 1.86. The van der Waals surface area contributed by atoms with E-state index in [-0.39, 0.29) is 5.97 Å². The summed E-state index contributed by atoms with van der Waals surface area (Å²) in [5.41, 5.74) is 6.84. The Bertz CT molecular complexity index is 430. The van der Waals surface area contributed by atoms with Crippen LogP contribution < -0.4 is 10.5 Å². The van der Waals surface area contributed by atoms with Gasteiger partial charge >= 0.3 is 5.97 Å². The molecule has 0 aliphatic rings. The molecule has 0 bridgehead atoms. The third kappa shape index (κ3) is 6.60. The van der Waals surface area contributed by atoms with Crippen molar-refractivity contribution < 1.29 is 19.4 Å². The number of aliphatic hydroxyl groups is 1.